The highest BCUT2D eigenvalue weighted by molar-refractivity contribution is 8.14. The largest absolute Gasteiger partial charge is 0.467 e. The van der Waals surface area contributed by atoms with Crippen molar-refractivity contribution in [3.05, 3.63) is 95.0 Å². The number of carbonyl (C=O) groups is 4. The first-order valence-corrected chi connectivity index (χ1v) is 27.4. The number of halogens is 2. The SMILES string of the molecule is C=C(c1ccc(F)cc1)C1CSC([C@@H]2CCCN2C(=O)[C@@H](NC(=O)[C@H](C)NC)C2CCN(CCOCCOCCC(=O)N(C)CCn3nc4c(c3C#N)-c3cnc(N)c(n3)O[C@H](C)c3cc(F)ccc3C(=O)N(C)C4)CC2)=N1. The van der Waals surface area contributed by atoms with Gasteiger partial charge in [-0.05, 0) is 107 Å². The van der Waals surface area contributed by atoms with E-state index in [0.717, 1.165) is 55.0 Å². The van der Waals surface area contributed by atoms with Gasteiger partial charge in [-0.15, -0.1) is 11.8 Å². The summed E-state index contributed by atoms with van der Waals surface area (Å²) in [6, 6.07) is 10.8. The van der Waals surface area contributed by atoms with Gasteiger partial charge in [0.2, 0.25) is 17.7 Å². The second-order valence-corrected chi connectivity index (χ2v) is 21.1. The van der Waals surface area contributed by atoms with Gasteiger partial charge in [0.1, 0.15) is 35.5 Å². The maximum absolute atomic E-state index is 14.5. The number of thioether (sulfide) groups is 1. The third-order valence-corrected chi connectivity index (χ3v) is 16.1. The van der Waals surface area contributed by atoms with Gasteiger partial charge in [0.25, 0.3) is 11.8 Å². The third kappa shape index (κ3) is 13.5. The van der Waals surface area contributed by atoms with Gasteiger partial charge in [0.05, 0.1) is 92.3 Å². The van der Waals surface area contributed by atoms with E-state index in [1.807, 2.05) is 4.90 Å². The molecule has 78 heavy (non-hydrogen) atoms. The van der Waals surface area contributed by atoms with Crippen LogP contribution in [0.15, 0.2) is 60.2 Å². The summed E-state index contributed by atoms with van der Waals surface area (Å²) in [5.41, 5.74) is 9.38. The molecule has 4 aromatic rings. The fourth-order valence-electron chi connectivity index (χ4n) is 10.2. The quantitative estimate of drug-likeness (QED) is 0.102. The zero-order chi connectivity index (χ0) is 55.6. The number of nitrogens with two attached hydrogens (primary N) is 1. The predicted molar refractivity (Wildman–Crippen MR) is 291 cm³/mol. The number of carbonyl (C=O) groups excluding carboxylic acids is 4. The molecule has 5 atom stereocenters. The van der Waals surface area contributed by atoms with E-state index in [4.69, 9.17) is 30.0 Å². The second kappa shape index (κ2) is 26.2. The molecule has 20 nitrogen and oxygen atoms in total. The van der Waals surface area contributed by atoms with E-state index in [-0.39, 0.29) is 103 Å². The Bertz CT molecular complexity index is 2910. The maximum Gasteiger partial charge on any atom is 0.258 e. The summed E-state index contributed by atoms with van der Waals surface area (Å²) >= 11 is 1.64. The van der Waals surface area contributed by atoms with Crippen LogP contribution in [0.3, 0.4) is 0 Å². The minimum absolute atomic E-state index is 0.0273. The molecule has 0 saturated carbocycles. The van der Waals surface area contributed by atoms with Gasteiger partial charge in [0.15, 0.2) is 5.82 Å². The second-order valence-electron chi connectivity index (χ2n) is 20.1. The Morgan fingerprint density at radius 3 is 2.50 bits per heavy atom. The molecule has 4 aliphatic rings. The van der Waals surface area contributed by atoms with Crippen LogP contribution in [-0.4, -0.2) is 178 Å². The smallest absolute Gasteiger partial charge is 0.258 e. The number of rotatable bonds is 20. The van der Waals surface area contributed by atoms with E-state index in [1.165, 1.54) is 51.0 Å². The zero-order valence-electron chi connectivity index (χ0n) is 44.9. The molecule has 1 unspecified atom stereocenters. The summed E-state index contributed by atoms with van der Waals surface area (Å²) in [5, 5.41) is 22.2. The molecule has 2 bridgehead atoms. The highest BCUT2D eigenvalue weighted by Gasteiger charge is 2.42. The van der Waals surface area contributed by atoms with Crippen LogP contribution >= 0.6 is 11.8 Å². The predicted octanol–water partition coefficient (Wildman–Crippen LogP) is 4.70. The molecular weight excluding hydrogens is 1020 g/mol. The summed E-state index contributed by atoms with van der Waals surface area (Å²) in [6.45, 7) is 12.1. The Balaban J connectivity index is 0.773. The van der Waals surface area contributed by atoms with Crippen molar-refractivity contribution in [1.29, 1.82) is 5.26 Å². The van der Waals surface area contributed by atoms with Crippen LogP contribution in [0.5, 0.6) is 5.88 Å². The third-order valence-electron chi connectivity index (χ3n) is 14.9. The number of fused-ring (bicyclic) bond motifs is 5. The van der Waals surface area contributed by atoms with E-state index >= 15 is 0 Å². The van der Waals surface area contributed by atoms with Crippen molar-refractivity contribution in [1.82, 2.24) is 50.0 Å². The number of ether oxygens (including phenoxy) is 3. The lowest BCUT2D eigenvalue weighted by molar-refractivity contribution is -0.138. The molecule has 0 spiro atoms. The molecular formula is C55H69F2N13O7S. The summed E-state index contributed by atoms with van der Waals surface area (Å²) in [7, 11) is 4.96. The van der Waals surface area contributed by atoms with Crippen LogP contribution in [0.25, 0.3) is 16.8 Å². The van der Waals surface area contributed by atoms with Crippen molar-refractivity contribution in [3.63, 3.8) is 0 Å². The van der Waals surface area contributed by atoms with Gasteiger partial charge in [-0.3, -0.25) is 28.9 Å². The fourth-order valence-corrected chi connectivity index (χ4v) is 11.4. The number of benzene rings is 2. The average molecular weight is 1090 g/mol. The molecule has 23 heteroatoms. The number of nitrogen functional groups attached to an aromatic ring is 1. The van der Waals surface area contributed by atoms with Crippen molar-refractivity contribution in [3.8, 4) is 23.2 Å². The summed E-state index contributed by atoms with van der Waals surface area (Å²) in [5.74, 6) is -1.18. The zero-order valence-corrected chi connectivity index (χ0v) is 45.7. The van der Waals surface area contributed by atoms with Crippen LogP contribution in [0, 0.1) is 28.9 Å². The molecule has 2 aromatic carbocycles. The molecule has 6 heterocycles. The number of likely N-dealkylation sites (tertiary alicyclic amines) is 2. The first-order valence-electron chi connectivity index (χ1n) is 26.4. The van der Waals surface area contributed by atoms with Crippen molar-refractivity contribution in [2.45, 2.75) is 89.3 Å². The topological polar surface area (TPSA) is 239 Å². The molecule has 0 aliphatic carbocycles. The van der Waals surface area contributed by atoms with Gasteiger partial charge < -0.3 is 50.2 Å². The average Bonchev–Trinajstić information content (AvgIpc) is 4.29. The lowest BCUT2D eigenvalue weighted by atomic mass is 9.88. The first-order chi connectivity index (χ1) is 37.5. The monoisotopic (exact) mass is 1090 g/mol. The summed E-state index contributed by atoms with van der Waals surface area (Å²) in [4.78, 5) is 75.8. The Labute approximate surface area is 457 Å². The normalized spacial score (nSPS) is 19.6. The minimum atomic E-state index is -0.832. The van der Waals surface area contributed by atoms with Crippen LogP contribution in [0.4, 0.5) is 14.6 Å². The van der Waals surface area contributed by atoms with Gasteiger partial charge in [-0.1, -0.05) is 18.7 Å². The first kappa shape index (κ1) is 57.3. The van der Waals surface area contributed by atoms with Crippen molar-refractivity contribution in [2.75, 3.05) is 91.8 Å². The molecule has 8 rings (SSSR count). The highest BCUT2D eigenvalue weighted by Crippen LogP contribution is 2.36. The number of amides is 4. The Kier molecular flexibility index (Phi) is 19.3. The Morgan fingerprint density at radius 1 is 1.04 bits per heavy atom. The molecule has 0 radical (unpaired) electrons. The molecule has 416 valence electrons. The summed E-state index contributed by atoms with van der Waals surface area (Å²) < 4.78 is 47.2. The van der Waals surface area contributed by atoms with Gasteiger partial charge in [-0.2, -0.15) is 10.4 Å². The van der Waals surface area contributed by atoms with Crippen LogP contribution in [-0.2, 0) is 36.9 Å². The highest BCUT2D eigenvalue weighted by atomic mass is 32.2. The van der Waals surface area contributed by atoms with Crippen LogP contribution in [0.2, 0.25) is 0 Å². The number of hydrogen-bond donors (Lipinski definition) is 3. The number of nitriles is 1. The van der Waals surface area contributed by atoms with Crippen LogP contribution in [0.1, 0.15) is 84.9 Å². The summed E-state index contributed by atoms with van der Waals surface area (Å²) in [6.07, 6.45) is 3.76. The van der Waals surface area contributed by atoms with E-state index in [1.54, 1.807) is 58.9 Å². The number of anilines is 1. The Morgan fingerprint density at radius 2 is 1.77 bits per heavy atom. The fraction of sp³-hybridized carbons (Fsp3) is 0.509. The lowest BCUT2D eigenvalue weighted by Crippen LogP contribution is -2.58. The van der Waals surface area contributed by atoms with Gasteiger partial charge >= 0.3 is 0 Å². The van der Waals surface area contributed by atoms with Crippen molar-refractivity contribution in [2.24, 2.45) is 10.9 Å². The number of aliphatic imine (C=N–C) groups is 1. The van der Waals surface area contributed by atoms with Crippen LogP contribution < -0.4 is 21.1 Å². The van der Waals surface area contributed by atoms with E-state index in [0.29, 0.717) is 55.5 Å². The molecule has 4 N–H and O–H groups in total. The molecule has 4 aliphatic heterocycles. The molecule has 2 fully saturated rings. The number of hydrogen-bond acceptors (Lipinski definition) is 16. The Hall–Kier alpha value is -6.84. The number of likely N-dealkylation sites (N-methyl/N-ethyl adjacent to an activating group) is 2. The number of aromatic nitrogens is 4. The number of nitrogens with zero attached hydrogens (tertiary/aromatic N) is 10. The minimum Gasteiger partial charge on any atom is -0.467 e. The van der Waals surface area contributed by atoms with Crippen molar-refractivity contribution < 1.29 is 42.2 Å². The van der Waals surface area contributed by atoms with E-state index in [2.05, 4.69) is 38.1 Å². The molecule has 4 amide bonds. The number of piperidine rings is 1. The standard InChI is InChI=1S/C55H69F2N13O7S/c1-33(36-9-11-38(56)12-10-36)44-32-78-53(63-44)45-8-7-18-69(45)55(74)49(64-51(72)34(2)60-4)37-15-19-68(20-16-37)23-25-76-27-26-75-24-17-47(71)66(5)21-22-70-46(29-58)48-42-30-61-50(59)52(62-42)77-35(3)41-28-39(57)13-14-40(41)54(73)67(6)31-43(48)65-70/h9-14,28,30,34-35,37,44-45,49,60H,1,7-8,15-27,31-32H2,2-6H3,(H2,59,61)(H,64,72)/t34-,35+,44?,45-,49-/m0/s1. The number of nitrogens with one attached hydrogen (secondary N) is 2. The molecule has 2 aromatic heterocycles. The maximum atomic E-state index is 14.5. The van der Waals surface area contributed by atoms with E-state index < -0.39 is 29.9 Å². The van der Waals surface area contributed by atoms with E-state index in [9.17, 15) is 33.2 Å². The van der Waals surface area contributed by atoms with Crippen molar-refractivity contribution >= 4 is 51.8 Å². The van der Waals surface area contributed by atoms with Gasteiger partial charge in [-0.25, -0.2) is 18.7 Å². The molecule has 2 saturated heterocycles. The lowest BCUT2D eigenvalue weighted by Gasteiger charge is -2.38. The van der Waals surface area contributed by atoms with Gasteiger partial charge in [0, 0.05) is 50.6 Å².